The Morgan fingerprint density at radius 2 is 2.36 bits per heavy atom. The molecule has 1 aromatic rings. The van der Waals surface area contributed by atoms with Gasteiger partial charge >= 0.3 is 0 Å². The van der Waals surface area contributed by atoms with Gasteiger partial charge in [0.05, 0.1) is 18.0 Å². The third-order valence-electron chi connectivity index (χ3n) is 2.18. The summed E-state index contributed by atoms with van der Waals surface area (Å²) in [4.78, 5) is 0. The van der Waals surface area contributed by atoms with Crippen LogP contribution in [0.3, 0.4) is 0 Å². The molecule has 0 radical (unpaired) electrons. The number of aromatic nitrogens is 2. The van der Waals surface area contributed by atoms with Crippen LogP contribution in [0.25, 0.3) is 0 Å². The summed E-state index contributed by atoms with van der Waals surface area (Å²) < 4.78 is 6.88. The number of aryl methyl sites for hydroxylation is 2. The summed E-state index contributed by atoms with van der Waals surface area (Å²) in [6, 6.07) is 2.14. The normalized spacial score (nSPS) is 10.8. The van der Waals surface area contributed by atoms with Gasteiger partial charge < -0.3 is 10.1 Å². The average molecular weight is 197 g/mol. The molecule has 0 saturated carbocycles. The highest BCUT2D eigenvalue weighted by molar-refractivity contribution is 5.09. The number of hydrogen-bond acceptors (Lipinski definition) is 3. The molecule has 4 nitrogen and oxygen atoms in total. The number of hydrogen-bond donors (Lipinski definition) is 1. The molecule has 1 heterocycles. The van der Waals surface area contributed by atoms with Crippen LogP contribution in [-0.4, -0.2) is 30.0 Å². The highest BCUT2D eigenvalue weighted by atomic mass is 16.5. The van der Waals surface area contributed by atoms with Gasteiger partial charge in [-0.25, -0.2) is 0 Å². The molecule has 0 amide bonds. The van der Waals surface area contributed by atoms with Crippen LogP contribution < -0.4 is 5.32 Å². The van der Waals surface area contributed by atoms with Gasteiger partial charge in [0.25, 0.3) is 0 Å². The Hall–Kier alpha value is -0.870. The van der Waals surface area contributed by atoms with Crippen LogP contribution in [-0.2, 0) is 24.8 Å². The molecule has 0 fully saturated rings. The lowest BCUT2D eigenvalue weighted by molar-refractivity contribution is 0.199. The fraction of sp³-hybridized carbons (Fsp3) is 0.700. The fourth-order valence-electron chi connectivity index (χ4n) is 1.30. The summed E-state index contributed by atoms with van der Waals surface area (Å²) in [5.41, 5.74) is 2.37. The van der Waals surface area contributed by atoms with Gasteiger partial charge in [0.15, 0.2) is 0 Å². The first-order valence-corrected chi connectivity index (χ1v) is 4.99. The van der Waals surface area contributed by atoms with Crippen LogP contribution in [0.1, 0.15) is 18.3 Å². The Morgan fingerprint density at radius 3 is 2.93 bits per heavy atom. The highest BCUT2D eigenvalue weighted by Gasteiger charge is 2.02. The average Bonchev–Trinajstić information content (AvgIpc) is 2.54. The maximum absolute atomic E-state index is 4.95. The van der Waals surface area contributed by atoms with E-state index in [1.165, 1.54) is 5.69 Å². The predicted octanol–water partition coefficient (Wildman–Crippen LogP) is 0.718. The molecule has 0 aromatic carbocycles. The fourth-order valence-corrected chi connectivity index (χ4v) is 1.30. The first-order chi connectivity index (χ1) is 6.77. The van der Waals surface area contributed by atoms with Gasteiger partial charge in [-0.05, 0) is 12.5 Å². The first kappa shape index (κ1) is 11.2. The van der Waals surface area contributed by atoms with Gasteiger partial charge in [-0.1, -0.05) is 6.92 Å². The maximum atomic E-state index is 4.95. The second-order valence-electron chi connectivity index (χ2n) is 3.27. The van der Waals surface area contributed by atoms with Gasteiger partial charge in [-0.3, -0.25) is 4.68 Å². The lowest BCUT2D eigenvalue weighted by Crippen LogP contribution is -2.20. The predicted molar refractivity (Wildman–Crippen MR) is 56.2 cm³/mol. The molecular formula is C10H19N3O. The third-order valence-corrected chi connectivity index (χ3v) is 2.18. The molecule has 1 rings (SSSR count). The molecule has 0 aliphatic rings. The van der Waals surface area contributed by atoms with Crippen molar-refractivity contribution in [1.29, 1.82) is 0 Å². The van der Waals surface area contributed by atoms with Crippen molar-refractivity contribution in [3.63, 3.8) is 0 Å². The van der Waals surface area contributed by atoms with Crippen molar-refractivity contribution in [1.82, 2.24) is 15.1 Å². The molecule has 0 aliphatic heterocycles. The van der Waals surface area contributed by atoms with E-state index in [0.29, 0.717) is 0 Å². The zero-order valence-electron chi connectivity index (χ0n) is 9.21. The van der Waals surface area contributed by atoms with Crippen molar-refractivity contribution in [3.8, 4) is 0 Å². The van der Waals surface area contributed by atoms with Crippen molar-refractivity contribution < 1.29 is 4.74 Å². The van der Waals surface area contributed by atoms with E-state index in [2.05, 4.69) is 23.4 Å². The van der Waals surface area contributed by atoms with Gasteiger partial charge in [-0.15, -0.1) is 0 Å². The molecular weight excluding hydrogens is 178 g/mol. The summed E-state index contributed by atoms with van der Waals surface area (Å²) in [5.74, 6) is 0. The third kappa shape index (κ3) is 3.12. The van der Waals surface area contributed by atoms with Crippen molar-refractivity contribution in [2.45, 2.75) is 19.9 Å². The Bertz CT molecular complexity index is 270. The standard InChI is InChI=1S/C10H19N3O/c1-4-9-7-10(13(2)12-9)8-11-5-6-14-3/h7,11H,4-6,8H2,1-3H3. The summed E-state index contributed by atoms with van der Waals surface area (Å²) >= 11 is 0. The molecule has 14 heavy (non-hydrogen) atoms. The largest absolute Gasteiger partial charge is 0.383 e. The van der Waals surface area contributed by atoms with Gasteiger partial charge in [0.1, 0.15) is 0 Å². The molecule has 1 N–H and O–H groups in total. The summed E-state index contributed by atoms with van der Waals surface area (Å²) in [6.07, 6.45) is 0.992. The quantitative estimate of drug-likeness (QED) is 0.683. The molecule has 80 valence electrons. The Morgan fingerprint density at radius 1 is 1.57 bits per heavy atom. The van der Waals surface area contributed by atoms with E-state index in [1.54, 1.807) is 7.11 Å². The zero-order valence-corrected chi connectivity index (χ0v) is 9.21. The van der Waals surface area contributed by atoms with Crippen molar-refractivity contribution >= 4 is 0 Å². The van der Waals surface area contributed by atoms with Crippen LogP contribution >= 0.6 is 0 Å². The number of ether oxygens (including phenoxy) is 1. The molecule has 0 spiro atoms. The van der Waals surface area contributed by atoms with Crippen LogP contribution in [0.15, 0.2) is 6.07 Å². The monoisotopic (exact) mass is 197 g/mol. The summed E-state index contributed by atoms with van der Waals surface area (Å²) in [5, 5.41) is 7.67. The van der Waals surface area contributed by atoms with Crippen molar-refractivity contribution in [2.75, 3.05) is 20.3 Å². The van der Waals surface area contributed by atoms with E-state index >= 15 is 0 Å². The van der Waals surface area contributed by atoms with Crippen LogP contribution in [0.5, 0.6) is 0 Å². The molecule has 4 heteroatoms. The maximum Gasteiger partial charge on any atom is 0.0625 e. The van der Waals surface area contributed by atoms with Crippen LogP contribution in [0.4, 0.5) is 0 Å². The van der Waals surface area contributed by atoms with Crippen molar-refractivity contribution in [3.05, 3.63) is 17.5 Å². The molecule has 0 bridgehead atoms. The van der Waals surface area contributed by atoms with E-state index in [-0.39, 0.29) is 0 Å². The van der Waals surface area contributed by atoms with E-state index in [9.17, 15) is 0 Å². The molecule has 0 aliphatic carbocycles. The Labute approximate surface area is 85.3 Å². The zero-order chi connectivity index (χ0) is 10.4. The Balaban J connectivity index is 2.38. The molecule has 0 saturated heterocycles. The number of rotatable bonds is 6. The lowest BCUT2D eigenvalue weighted by atomic mass is 10.3. The lowest BCUT2D eigenvalue weighted by Gasteiger charge is -2.03. The van der Waals surface area contributed by atoms with E-state index in [1.807, 2.05) is 11.7 Å². The van der Waals surface area contributed by atoms with E-state index in [4.69, 9.17) is 4.74 Å². The van der Waals surface area contributed by atoms with E-state index in [0.717, 1.165) is 31.8 Å². The SMILES string of the molecule is CCc1cc(CNCCOC)n(C)n1. The second-order valence-corrected chi connectivity index (χ2v) is 3.27. The van der Waals surface area contributed by atoms with Gasteiger partial charge in [0.2, 0.25) is 0 Å². The number of nitrogens with zero attached hydrogens (tertiary/aromatic N) is 2. The van der Waals surface area contributed by atoms with Gasteiger partial charge in [0, 0.05) is 27.2 Å². The first-order valence-electron chi connectivity index (χ1n) is 4.99. The minimum absolute atomic E-state index is 0.748. The molecule has 0 unspecified atom stereocenters. The summed E-state index contributed by atoms with van der Waals surface area (Å²) in [7, 11) is 3.69. The highest BCUT2D eigenvalue weighted by Crippen LogP contribution is 2.02. The van der Waals surface area contributed by atoms with E-state index < -0.39 is 0 Å². The van der Waals surface area contributed by atoms with Gasteiger partial charge in [-0.2, -0.15) is 5.10 Å². The number of nitrogens with one attached hydrogen (secondary N) is 1. The smallest absolute Gasteiger partial charge is 0.0625 e. The topological polar surface area (TPSA) is 39.1 Å². The Kier molecular flexibility index (Phi) is 4.62. The van der Waals surface area contributed by atoms with Crippen LogP contribution in [0.2, 0.25) is 0 Å². The van der Waals surface area contributed by atoms with Crippen molar-refractivity contribution in [2.24, 2.45) is 7.05 Å². The van der Waals surface area contributed by atoms with Crippen LogP contribution in [0, 0.1) is 0 Å². The minimum Gasteiger partial charge on any atom is -0.383 e. The number of methoxy groups -OCH3 is 1. The summed E-state index contributed by atoms with van der Waals surface area (Å²) in [6.45, 7) is 4.60. The minimum atomic E-state index is 0.748. The second kappa shape index (κ2) is 5.78. The molecule has 1 aromatic heterocycles. The molecule has 0 atom stereocenters.